The van der Waals surface area contributed by atoms with Crippen LogP contribution in [0.5, 0.6) is 11.5 Å². The Morgan fingerprint density at radius 1 is 1.24 bits per heavy atom. The van der Waals surface area contributed by atoms with E-state index in [0.717, 1.165) is 31.4 Å². The van der Waals surface area contributed by atoms with Crippen molar-refractivity contribution in [2.75, 3.05) is 23.4 Å². The number of carbonyl (C=O) groups is 2. The molecule has 2 heterocycles. The predicted molar refractivity (Wildman–Crippen MR) is 120 cm³/mol. The van der Waals surface area contributed by atoms with Gasteiger partial charge >= 0.3 is 6.18 Å². The number of fused-ring (bicyclic) bond motifs is 2. The van der Waals surface area contributed by atoms with Crippen LogP contribution in [0.25, 0.3) is 5.57 Å². The third kappa shape index (κ3) is 3.89. The van der Waals surface area contributed by atoms with E-state index in [2.05, 4.69) is 5.32 Å². The van der Waals surface area contributed by atoms with Crippen molar-refractivity contribution in [1.82, 2.24) is 0 Å². The molecule has 9 heteroatoms. The molecule has 34 heavy (non-hydrogen) atoms. The van der Waals surface area contributed by atoms with Gasteiger partial charge in [-0.25, -0.2) is 0 Å². The Labute approximate surface area is 194 Å². The number of alkyl halides is 3. The first-order chi connectivity index (χ1) is 16.2. The molecule has 0 saturated heterocycles. The van der Waals surface area contributed by atoms with Crippen molar-refractivity contribution in [3.63, 3.8) is 0 Å². The highest BCUT2D eigenvalue weighted by molar-refractivity contribution is 6.07. The number of ether oxygens (including phenoxy) is 2. The molecule has 1 spiro atoms. The van der Waals surface area contributed by atoms with Gasteiger partial charge in [0, 0.05) is 24.6 Å². The summed E-state index contributed by atoms with van der Waals surface area (Å²) in [4.78, 5) is 26.7. The molecular formula is C25H23F3N2O4. The van der Waals surface area contributed by atoms with E-state index in [0.29, 0.717) is 41.2 Å². The molecular weight excluding hydrogens is 449 g/mol. The van der Waals surface area contributed by atoms with Gasteiger partial charge in [-0.1, -0.05) is 12.1 Å². The lowest BCUT2D eigenvalue weighted by molar-refractivity contribution is -0.138. The van der Waals surface area contributed by atoms with Gasteiger partial charge in [0.05, 0.1) is 16.9 Å². The van der Waals surface area contributed by atoms with Crippen molar-refractivity contribution in [1.29, 1.82) is 0 Å². The van der Waals surface area contributed by atoms with E-state index in [9.17, 15) is 22.8 Å². The first-order valence-corrected chi connectivity index (χ1v) is 11.2. The molecule has 0 atom stereocenters. The summed E-state index contributed by atoms with van der Waals surface area (Å²) >= 11 is 0. The van der Waals surface area contributed by atoms with Crippen LogP contribution in [0.3, 0.4) is 0 Å². The predicted octanol–water partition coefficient (Wildman–Crippen LogP) is 5.18. The van der Waals surface area contributed by atoms with Crippen molar-refractivity contribution in [3.05, 3.63) is 53.6 Å². The maximum absolute atomic E-state index is 13.2. The molecule has 1 N–H and O–H groups in total. The van der Waals surface area contributed by atoms with Gasteiger partial charge in [0.2, 0.25) is 5.91 Å². The minimum absolute atomic E-state index is 0.121. The van der Waals surface area contributed by atoms with Crippen molar-refractivity contribution < 1.29 is 32.2 Å². The molecule has 1 saturated carbocycles. The Balaban J connectivity index is 1.46. The molecule has 2 aromatic rings. The van der Waals surface area contributed by atoms with E-state index in [1.54, 1.807) is 23.1 Å². The normalized spacial score (nSPS) is 19.6. The number of likely N-dealkylation sites (N-methyl/N-ethyl adjacent to an activating group) is 1. The summed E-state index contributed by atoms with van der Waals surface area (Å²) in [5.41, 5.74) is 0.755. The highest BCUT2D eigenvalue weighted by atomic mass is 19.4. The summed E-state index contributed by atoms with van der Waals surface area (Å²) in [5, 5.41) is 2.81. The molecule has 3 aliphatic rings. The van der Waals surface area contributed by atoms with Crippen molar-refractivity contribution >= 4 is 28.8 Å². The Kier molecular flexibility index (Phi) is 5.30. The van der Waals surface area contributed by atoms with Crippen LogP contribution >= 0.6 is 0 Å². The Morgan fingerprint density at radius 3 is 2.71 bits per heavy atom. The summed E-state index contributed by atoms with van der Waals surface area (Å²) in [6.07, 6.45) is -0.247. The fourth-order valence-corrected chi connectivity index (χ4v) is 4.75. The molecule has 1 fully saturated rings. The lowest BCUT2D eigenvalue weighted by Crippen LogP contribution is -2.45. The first kappa shape index (κ1) is 22.3. The van der Waals surface area contributed by atoms with Crippen LogP contribution in [-0.2, 0) is 15.8 Å². The van der Waals surface area contributed by atoms with Crippen LogP contribution in [0, 0.1) is 0 Å². The monoisotopic (exact) mass is 472 g/mol. The van der Waals surface area contributed by atoms with Crippen LogP contribution in [-0.4, -0.2) is 30.6 Å². The fourth-order valence-electron chi connectivity index (χ4n) is 4.75. The molecule has 6 nitrogen and oxygen atoms in total. The van der Waals surface area contributed by atoms with Crippen LogP contribution < -0.4 is 19.7 Å². The fraction of sp³-hybridized carbons (Fsp3) is 0.360. The quantitative estimate of drug-likeness (QED) is 0.626. The molecule has 0 bridgehead atoms. The minimum Gasteiger partial charge on any atom is -0.486 e. The second kappa shape index (κ2) is 8.07. The third-order valence-electron chi connectivity index (χ3n) is 6.56. The summed E-state index contributed by atoms with van der Waals surface area (Å²) in [6.45, 7) is 2.20. The maximum Gasteiger partial charge on any atom is 0.416 e. The van der Waals surface area contributed by atoms with E-state index in [-0.39, 0.29) is 18.3 Å². The first-order valence-electron chi connectivity index (χ1n) is 11.2. The lowest BCUT2D eigenvalue weighted by Gasteiger charge is -2.46. The average molecular weight is 472 g/mol. The number of hydrogen-bond acceptors (Lipinski definition) is 4. The zero-order valence-corrected chi connectivity index (χ0v) is 18.5. The number of hydrogen-bond donors (Lipinski definition) is 1. The smallest absolute Gasteiger partial charge is 0.416 e. The largest absolute Gasteiger partial charge is 0.486 e. The van der Waals surface area contributed by atoms with E-state index < -0.39 is 23.2 Å². The Hall–Kier alpha value is -3.49. The summed E-state index contributed by atoms with van der Waals surface area (Å²) in [7, 11) is 0. The van der Waals surface area contributed by atoms with Gasteiger partial charge in [-0.3, -0.25) is 9.59 Å². The molecule has 178 valence electrons. The SMILES string of the molecule is CCN1C(=O)COc2c(NC(=O)/C=C3\CC4(CCC4)Oc4cc(C(F)(F)F)ccc43)cccc21. The number of halogens is 3. The van der Waals surface area contributed by atoms with E-state index in [1.807, 2.05) is 6.92 Å². The number of benzene rings is 2. The zero-order chi connectivity index (χ0) is 24.1. The van der Waals surface area contributed by atoms with Gasteiger partial charge in [-0.15, -0.1) is 0 Å². The summed E-state index contributed by atoms with van der Waals surface area (Å²) < 4.78 is 51.3. The van der Waals surface area contributed by atoms with Crippen molar-refractivity contribution in [2.45, 2.75) is 44.4 Å². The number of carbonyl (C=O) groups excluding carboxylic acids is 2. The summed E-state index contributed by atoms with van der Waals surface area (Å²) in [6, 6.07) is 8.53. The van der Waals surface area contributed by atoms with Crippen LogP contribution in [0.1, 0.15) is 43.7 Å². The average Bonchev–Trinajstić information content (AvgIpc) is 2.77. The number of nitrogens with one attached hydrogen (secondary N) is 1. The van der Waals surface area contributed by atoms with E-state index in [1.165, 1.54) is 12.1 Å². The highest BCUT2D eigenvalue weighted by Gasteiger charge is 2.44. The number of rotatable bonds is 3. The maximum atomic E-state index is 13.2. The van der Waals surface area contributed by atoms with Gasteiger partial charge in [-0.05, 0) is 56.0 Å². The second-order valence-electron chi connectivity index (χ2n) is 8.76. The number of anilines is 2. The lowest BCUT2D eigenvalue weighted by atomic mass is 9.72. The van der Waals surface area contributed by atoms with Gasteiger partial charge < -0.3 is 19.7 Å². The van der Waals surface area contributed by atoms with E-state index in [4.69, 9.17) is 9.47 Å². The molecule has 2 aliphatic heterocycles. The van der Waals surface area contributed by atoms with E-state index >= 15 is 0 Å². The molecule has 0 aromatic heterocycles. The Morgan fingerprint density at radius 2 is 2.03 bits per heavy atom. The highest BCUT2D eigenvalue weighted by Crippen LogP contribution is 2.50. The van der Waals surface area contributed by atoms with Crippen LogP contribution in [0.2, 0.25) is 0 Å². The standard InChI is InChI=1S/C25H23F3N2O4/c1-2-30-19-6-3-5-18(23(19)33-14-22(30)32)29-21(31)11-15-13-24(9-4-10-24)34-20-12-16(25(26,27)28)7-8-17(15)20/h3,5-8,11-12H,2,4,9-10,13-14H2,1H3,(H,29,31)/b15-11+. The van der Waals surface area contributed by atoms with Crippen molar-refractivity contribution in [2.24, 2.45) is 0 Å². The molecule has 2 amide bonds. The molecule has 5 rings (SSSR count). The minimum atomic E-state index is -4.48. The van der Waals surface area contributed by atoms with Crippen LogP contribution in [0.4, 0.5) is 24.5 Å². The Bertz CT molecular complexity index is 1200. The summed E-state index contributed by atoms with van der Waals surface area (Å²) in [5.74, 6) is -0.0386. The van der Waals surface area contributed by atoms with Gasteiger partial charge in [0.15, 0.2) is 12.4 Å². The topological polar surface area (TPSA) is 67.9 Å². The zero-order valence-electron chi connectivity index (χ0n) is 18.5. The molecule has 1 aliphatic carbocycles. The molecule has 2 aromatic carbocycles. The third-order valence-corrected chi connectivity index (χ3v) is 6.56. The molecule has 0 unspecified atom stereocenters. The van der Waals surface area contributed by atoms with Gasteiger partial charge in [0.25, 0.3) is 5.91 Å². The number of nitrogens with zero attached hydrogens (tertiary/aromatic N) is 1. The second-order valence-corrected chi connectivity index (χ2v) is 8.76. The van der Waals surface area contributed by atoms with Gasteiger partial charge in [-0.2, -0.15) is 13.2 Å². The number of para-hydroxylation sites is 1. The molecule has 0 radical (unpaired) electrons. The van der Waals surface area contributed by atoms with Gasteiger partial charge in [0.1, 0.15) is 11.4 Å². The van der Waals surface area contributed by atoms with Crippen molar-refractivity contribution in [3.8, 4) is 11.5 Å². The number of amides is 2. The van der Waals surface area contributed by atoms with Crippen LogP contribution in [0.15, 0.2) is 42.5 Å².